The van der Waals surface area contributed by atoms with Gasteiger partial charge in [0, 0.05) is 43.7 Å². The first-order valence-corrected chi connectivity index (χ1v) is 9.81. The number of anilines is 1. The van der Waals surface area contributed by atoms with Crippen LogP contribution in [0.4, 0.5) is 10.1 Å². The van der Waals surface area contributed by atoms with Crippen molar-refractivity contribution >= 4 is 11.7 Å². The Morgan fingerprint density at radius 1 is 1.21 bits per heavy atom. The van der Waals surface area contributed by atoms with Gasteiger partial charge in [0.15, 0.2) is 11.6 Å². The second-order valence-electron chi connectivity index (χ2n) is 8.01. The summed E-state index contributed by atoms with van der Waals surface area (Å²) in [6, 6.07) is 11.6. The summed E-state index contributed by atoms with van der Waals surface area (Å²) in [6.45, 7) is 5.41. The van der Waals surface area contributed by atoms with Crippen molar-refractivity contribution in [2.45, 2.75) is 26.1 Å². The maximum atomic E-state index is 13.7. The van der Waals surface area contributed by atoms with Gasteiger partial charge in [0.1, 0.15) is 6.23 Å². The van der Waals surface area contributed by atoms with E-state index >= 15 is 0 Å². The number of rotatable bonds is 6. The fourth-order valence-electron chi connectivity index (χ4n) is 4.50. The lowest BCUT2D eigenvalue weighted by molar-refractivity contribution is -0.000979. The first-order valence-electron chi connectivity index (χ1n) is 9.81. The van der Waals surface area contributed by atoms with Crippen LogP contribution in [0.5, 0.6) is 5.75 Å². The Labute approximate surface area is 169 Å². The molecule has 0 bridgehead atoms. The van der Waals surface area contributed by atoms with Crippen molar-refractivity contribution in [3.8, 4) is 5.75 Å². The molecule has 0 radical (unpaired) electrons. The number of hydrogen-bond acceptors (Lipinski definition) is 5. The topological polar surface area (TPSA) is 73.2 Å². The van der Waals surface area contributed by atoms with E-state index in [2.05, 4.69) is 4.90 Å². The van der Waals surface area contributed by atoms with Crippen molar-refractivity contribution in [1.29, 1.82) is 0 Å². The Morgan fingerprint density at radius 2 is 1.93 bits per heavy atom. The van der Waals surface area contributed by atoms with Crippen LogP contribution in [0.3, 0.4) is 0 Å². The van der Waals surface area contributed by atoms with E-state index in [1.165, 1.54) is 6.07 Å². The number of nitrogens with zero attached hydrogens (tertiary/aromatic N) is 2. The zero-order valence-corrected chi connectivity index (χ0v) is 16.3. The van der Waals surface area contributed by atoms with E-state index in [0.29, 0.717) is 19.6 Å². The highest BCUT2D eigenvalue weighted by Crippen LogP contribution is 2.44. The van der Waals surface area contributed by atoms with Crippen molar-refractivity contribution < 1.29 is 24.1 Å². The molecule has 1 unspecified atom stereocenters. The first-order chi connectivity index (χ1) is 13.9. The van der Waals surface area contributed by atoms with Gasteiger partial charge in [-0.1, -0.05) is 6.07 Å². The lowest BCUT2D eigenvalue weighted by Gasteiger charge is -2.48. The van der Waals surface area contributed by atoms with Crippen LogP contribution < -0.4 is 9.64 Å². The maximum Gasteiger partial charge on any atom is 0.335 e. The molecule has 0 aliphatic carbocycles. The number of halogens is 1. The molecule has 0 amide bonds. The van der Waals surface area contributed by atoms with Crippen molar-refractivity contribution in [2.75, 3.05) is 31.1 Å². The molecular weight excluding hydrogens is 375 g/mol. The van der Waals surface area contributed by atoms with E-state index in [4.69, 9.17) is 9.84 Å². The summed E-state index contributed by atoms with van der Waals surface area (Å²) in [5.74, 6) is -1.02. The molecule has 154 valence electrons. The van der Waals surface area contributed by atoms with E-state index in [-0.39, 0.29) is 22.5 Å². The third-order valence-electron chi connectivity index (χ3n) is 5.75. The molecule has 1 atom stereocenters. The number of carboxylic acids is 1. The lowest BCUT2D eigenvalue weighted by atomic mass is 9.78. The van der Waals surface area contributed by atoms with Crippen LogP contribution in [0.15, 0.2) is 42.5 Å². The van der Waals surface area contributed by atoms with Crippen LogP contribution in [0.1, 0.15) is 29.3 Å². The van der Waals surface area contributed by atoms with Crippen molar-refractivity contribution in [1.82, 2.24) is 4.90 Å². The Kier molecular flexibility index (Phi) is 5.19. The summed E-state index contributed by atoms with van der Waals surface area (Å²) in [6.07, 6.45) is 0.0980. The largest absolute Gasteiger partial charge is 0.491 e. The maximum absolute atomic E-state index is 13.7. The number of carboxylic acid groups (broad SMARTS) is 1. The van der Waals surface area contributed by atoms with E-state index in [0.717, 1.165) is 30.9 Å². The molecule has 2 aliphatic rings. The summed E-state index contributed by atoms with van der Waals surface area (Å²) in [5.41, 5.74) is 2.09. The van der Waals surface area contributed by atoms with Crippen molar-refractivity contribution in [3.63, 3.8) is 0 Å². The van der Waals surface area contributed by atoms with Crippen molar-refractivity contribution in [2.24, 2.45) is 5.41 Å². The number of aliphatic hydroxyl groups excluding tert-OH is 1. The normalized spacial score (nSPS) is 20.7. The van der Waals surface area contributed by atoms with Crippen LogP contribution in [-0.2, 0) is 6.54 Å². The highest BCUT2D eigenvalue weighted by Gasteiger charge is 2.51. The van der Waals surface area contributed by atoms with Gasteiger partial charge in [-0.05, 0) is 48.9 Å². The molecule has 2 saturated heterocycles. The highest BCUT2D eigenvalue weighted by molar-refractivity contribution is 5.88. The van der Waals surface area contributed by atoms with Gasteiger partial charge in [0.2, 0.25) is 0 Å². The minimum absolute atomic E-state index is 0.0215. The number of benzene rings is 2. The lowest BCUT2D eigenvalue weighted by Crippen LogP contribution is -2.56. The average Bonchev–Trinajstić information content (AvgIpc) is 3.02. The fraction of sp³-hybridized carbons (Fsp3) is 0.409. The van der Waals surface area contributed by atoms with Gasteiger partial charge in [0.05, 0.1) is 12.2 Å². The molecule has 2 aliphatic heterocycles. The smallest absolute Gasteiger partial charge is 0.335 e. The Morgan fingerprint density at radius 3 is 2.59 bits per heavy atom. The van der Waals surface area contributed by atoms with E-state index < -0.39 is 12.2 Å². The SMILES string of the molecule is CCOc1cc(CN2CC3(CC(O)N(c4ccc(C(=O)O)cc4)C3)C2)ccc1F. The van der Waals surface area contributed by atoms with Crippen LogP contribution in [-0.4, -0.2) is 53.6 Å². The monoisotopic (exact) mass is 400 g/mol. The van der Waals surface area contributed by atoms with Gasteiger partial charge < -0.3 is 19.8 Å². The summed E-state index contributed by atoms with van der Waals surface area (Å²) < 4.78 is 19.1. The van der Waals surface area contributed by atoms with Gasteiger partial charge in [-0.2, -0.15) is 0 Å². The second kappa shape index (κ2) is 7.65. The Balaban J connectivity index is 1.37. The van der Waals surface area contributed by atoms with E-state index in [9.17, 15) is 14.3 Å². The quantitative estimate of drug-likeness (QED) is 0.777. The number of ether oxygens (including phenoxy) is 1. The standard InChI is InChI=1S/C22H25FN2O4/c1-2-29-19-9-15(3-8-18(19)23)11-24-12-22(13-24)10-20(26)25(14-22)17-6-4-16(5-7-17)21(27)28/h3-9,20,26H,2,10-14H2,1H3,(H,27,28). The molecular formula is C22H25FN2O4. The van der Waals surface area contributed by atoms with Gasteiger partial charge in [-0.15, -0.1) is 0 Å². The third-order valence-corrected chi connectivity index (χ3v) is 5.75. The molecule has 4 rings (SSSR count). The van der Waals surface area contributed by atoms with Crippen LogP contribution in [0.2, 0.25) is 0 Å². The Hall–Kier alpha value is -2.64. The molecule has 2 heterocycles. The van der Waals surface area contributed by atoms with E-state index in [1.54, 1.807) is 36.4 Å². The Bertz CT molecular complexity index is 896. The first kappa shape index (κ1) is 19.7. The van der Waals surface area contributed by atoms with Gasteiger partial charge >= 0.3 is 5.97 Å². The number of hydrogen-bond donors (Lipinski definition) is 2. The third kappa shape index (κ3) is 3.93. The van der Waals surface area contributed by atoms with Gasteiger partial charge in [-0.3, -0.25) is 4.90 Å². The molecule has 29 heavy (non-hydrogen) atoms. The van der Waals surface area contributed by atoms with E-state index in [1.807, 2.05) is 11.8 Å². The average molecular weight is 400 g/mol. The minimum Gasteiger partial charge on any atom is -0.491 e. The molecule has 2 aromatic carbocycles. The van der Waals surface area contributed by atoms with Crippen LogP contribution in [0.25, 0.3) is 0 Å². The number of likely N-dealkylation sites (tertiary alicyclic amines) is 1. The van der Waals surface area contributed by atoms with Gasteiger partial charge in [0.25, 0.3) is 0 Å². The van der Waals surface area contributed by atoms with Crippen LogP contribution >= 0.6 is 0 Å². The summed E-state index contributed by atoms with van der Waals surface area (Å²) in [4.78, 5) is 15.2. The minimum atomic E-state index is -0.960. The summed E-state index contributed by atoms with van der Waals surface area (Å²) in [5, 5.41) is 19.6. The molecule has 0 aromatic heterocycles. The number of aromatic carboxylic acids is 1. The second-order valence-corrected chi connectivity index (χ2v) is 8.01. The molecule has 2 N–H and O–H groups in total. The molecule has 6 nitrogen and oxygen atoms in total. The van der Waals surface area contributed by atoms with Crippen molar-refractivity contribution in [3.05, 3.63) is 59.4 Å². The predicted octanol–water partition coefficient (Wildman–Crippen LogP) is 2.95. The molecule has 7 heteroatoms. The highest BCUT2D eigenvalue weighted by atomic mass is 19.1. The predicted molar refractivity (Wildman–Crippen MR) is 107 cm³/mol. The summed E-state index contributed by atoms with van der Waals surface area (Å²) >= 11 is 0. The van der Waals surface area contributed by atoms with Crippen LogP contribution in [0, 0.1) is 11.2 Å². The number of aliphatic hydroxyl groups is 1. The zero-order chi connectivity index (χ0) is 20.6. The molecule has 2 aromatic rings. The summed E-state index contributed by atoms with van der Waals surface area (Å²) in [7, 11) is 0. The molecule has 0 saturated carbocycles. The van der Waals surface area contributed by atoms with Gasteiger partial charge in [-0.25, -0.2) is 9.18 Å². The molecule has 2 fully saturated rings. The zero-order valence-electron chi connectivity index (χ0n) is 16.3. The molecule has 1 spiro atoms. The number of carbonyl (C=O) groups is 1. The fourth-order valence-corrected chi connectivity index (χ4v) is 4.50.